The minimum Gasteiger partial charge on any atom is -0.457 e. The predicted octanol–water partition coefficient (Wildman–Crippen LogP) is 2.36. The maximum absolute atomic E-state index is 11.1. The Morgan fingerprint density at radius 2 is 2.42 bits per heavy atom. The Morgan fingerprint density at radius 3 is 2.92 bits per heavy atom. The minimum absolute atomic E-state index is 0.219. The molecule has 0 atom stereocenters. The number of allylic oxidation sites excluding steroid dienone is 2. The number of hydrogen-bond acceptors (Lipinski definition) is 3. The van der Waals surface area contributed by atoms with Crippen LogP contribution in [0.3, 0.4) is 0 Å². The van der Waals surface area contributed by atoms with Crippen LogP contribution in [0.5, 0.6) is 0 Å². The van der Waals surface area contributed by atoms with Crippen LogP contribution in [0.1, 0.15) is 24.4 Å². The van der Waals surface area contributed by atoms with Crippen molar-refractivity contribution >= 4 is 5.97 Å². The molecule has 0 amide bonds. The summed E-state index contributed by atoms with van der Waals surface area (Å²) in [6.45, 7) is 3.51. The molecule has 0 aliphatic heterocycles. The molecule has 64 valence electrons. The van der Waals surface area contributed by atoms with E-state index in [0.29, 0.717) is 5.76 Å². The molecule has 0 saturated carbocycles. The summed E-state index contributed by atoms with van der Waals surface area (Å²) in [5.74, 6) is 0.322. The molecule has 0 aliphatic carbocycles. The lowest BCUT2D eigenvalue weighted by atomic mass is 10.4. The summed E-state index contributed by atoms with van der Waals surface area (Å²) in [4.78, 5) is 11.1. The first-order chi connectivity index (χ1) is 5.74. The Balaban J connectivity index is 2.62. The van der Waals surface area contributed by atoms with Gasteiger partial charge in [-0.25, -0.2) is 4.79 Å². The summed E-state index contributed by atoms with van der Waals surface area (Å²) < 4.78 is 9.71. The summed E-state index contributed by atoms with van der Waals surface area (Å²) in [5.41, 5.74) is 0. The lowest BCUT2D eigenvalue weighted by Crippen LogP contribution is -2.01. The molecule has 0 spiro atoms. The molecular formula is C9H10O3. The molecule has 0 aromatic carbocycles. The average Bonchev–Trinajstić information content (AvgIpc) is 2.56. The first-order valence-electron chi connectivity index (χ1n) is 3.62. The monoisotopic (exact) mass is 166 g/mol. The summed E-state index contributed by atoms with van der Waals surface area (Å²) in [7, 11) is 0. The lowest BCUT2D eigenvalue weighted by molar-refractivity contribution is 0.0590. The normalized spacial score (nSPS) is 11.3. The van der Waals surface area contributed by atoms with Gasteiger partial charge in [0.2, 0.25) is 5.76 Å². The van der Waals surface area contributed by atoms with E-state index in [1.165, 1.54) is 6.26 Å². The standard InChI is InChI=1S/C9H10O3/c1-3-7(2)12-9(10)8-5-4-6-11-8/h3-6H,1-2H3. The topological polar surface area (TPSA) is 39.4 Å². The van der Waals surface area contributed by atoms with Gasteiger partial charge in [0.25, 0.3) is 0 Å². The molecule has 3 nitrogen and oxygen atoms in total. The van der Waals surface area contributed by atoms with Gasteiger partial charge in [0, 0.05) is 0 Å². The van der Waals surface area contributed by atoms with Crippen LogP contribution in [0.25, 0.3) is 0 Å². The highest BCUT2D eigenvalue weighted by atomic mass is 16.5. The first-order valence-corrected chi connectivity index (χ1v) is 3.62. The fourth-order valence-electron chi connectivity index (χ4n) is 0.650. The van der Waals surface area contributed by atoms with Crippen LogP contribution in [-0.2, 0) is 4.74 Å². The Labute approximate surface area is 70.6 Å². The molecule has 0 fully saturated rings. The molecule has 0 aliphatic rings. The van der Waals surface area contributed by atoms with Gasteiger partial charge in [0.05, 0.1) is 6.26 Å². The molecule has 3 heteroatoms. The maximum atomic E-state index is 11.1. The molecule has 1 aromatic heterocycles. The molecule has 0 saturated heterocycles. The molecule has 0 radical (unpaired) electrons. The zero-order chi connectivity index (χ0) is 8.97. The van der Waals surface area contributed by atoms with E-state index < -0.39 is 5.97 Å². The molecule has 1 heterocycles. The van der Waals surface area contributed by atoms with E-state index in [2.05, 4.69) is 0 Å². The average molecular weight is 166 g/mol. The van der Waals surface area contributed by atoms with Crippen molar-refractivity contribution in [3.05, 3.63) is 36.0 Å². The van der Waals surface area contributed by atoms with Crippen LogP contribution < -0.4 is 0 Å². The van der Waals surface area contributed by atoms with Gasteiger partial charge < -0.3 is 9.15 Å². The first kappa shape index (κ1) is 8.59. The van der Waals surface area contributed by atoms with Crippen LogP contribution in [0, 0.1) is 0 Å². The number of carbonyl (C=O) groups is 1. The highest BCUT2D eigenvalue weighted by Gasteiger charge is 2.09. The van der Waals surface area contributed by atoms with Gasteiger partial charge in [-0.15, -0.1) is 0 Å². The van der Waals surface area contributed by atoms with E-state index in [1.54, 1.807) is 32.1 Å². The van der Waals surface area contributed by atoms with Crippen molar-refractivity contribution < 1.29 is 13.9 Å². The van der Waals surface area contributed by atoms with Crippen LogP contribution in [0.15, 0.2) is 34.6 Å². The third-order valence-electron chi connectivity index (χ3n) is 1.38. The quantitative estimate of drug-likeness (QED) is 0.500. The fraction of sp³-hybridized carbons (Fsp3) is 0.222. The van der Waals surface area contributed by atoms with Crippen molar-refractivity contribution in [2.45, 2.75) is 13.8 Å². The Bertz CT molecular complexity index is 283. The Hall–Kier alpha value is -1.51. The SMILES string of the molecule is CC=C(C)OC(=O)c1ccco1. The summed E-state index contributed by atoms with van der Waals surface area (Å²) in [6.07, 6.45) is 3.14. The van der Waals surface area contributed by atoms with Crippen LogP contribution in [0.2, 0.25) is 0 Å². The molecular weight excluding hydrogens is 156 g/mol. The van der Waals surface area contributed by atoms with Gasteiger partial charge in [-0.2, -0.15) is 0 Å². The third kappa shape index (κ3) is 1.99. The van der Waals surface area contributed by atoms with Crippen LogP contribution in [0.4, 0.5) is 0 Å². The van der Waals surface area contributed by atoms with Crippen molar-refractivity contribution in [1.82, 2.24) is 0 Å². The van der Waals surface area contributed by atoms with Gasteiger partial charge in [-0.05, 0) is 32.1 Å². The summed E-state index contributed by atoms with van der Waals surface area (Å²) >= 11 is 0. The van der Waals surface area contributed by atoms with Crippen molar-refractivity contribution in [1.29, 1.82) is 0 Å². The molecule has 1 rings (SSSR count). The highest BCUT2D eigenvalue weighted by Crippen LogP contribution is 2.05. The predicted molar refractivity (Wildman–Crippen MR) is 43.6 cm³/mol. The van der Waals surface area contributed by atoms with Crippen molar-refractivity contribution in [3.63, 3.8) is 0 Å². The molecule has 1 aromatic rings. The Kier molecular flexibility index (Phi) is 2.69. The summed E-state index contributed by atoms with van der Waals surface area (Å²) in [5, 5.41) is 0. The lowest BCUT2D eigenvalue weighted by Gasteiger charge is -1.99. The summed E-state index contributed by atoms with van der Waals surface area (Å²) in [6, 6.07) is 3.20. The minimum atomic E-state index is -0.462. The number of furan rings is 1. The number of ether oxygens (including phenoxy) is 1. The van der Waals surface area contributed by atoms with Crippen molar-refractivity contribution in [2.75, 3.05) is 0 Å². The van der Waals surface area contributed by atoms with Gasteiger partial charge in [-0.1, -0.05) is 0 Å². The molecule has 0 N–H and O–H groups in total. The van der Waals surface area contributed by atoms with Crippen LogP contribution in [-0.4, -0.2) is 5.97 Å². The number of carbonyl (C=O) groups excluding carboxylic acids is 1. The van der Waals surface area contributed by atoms with Crippen LogP contribution >= 0.6 is 0 Å². The van der Waals surface area contributed by atoms with Gasteiger partial charge in [-0.3, -0.25) is 0 Å². The van der Waals surface area contributed by atoms with Crippen molar-refractivity contribution in [2.24, 2.45) is 0 Å². The molecule has 12 heavy (non-hydrogen) atoms. The number of rotatable bonds is 2. The fourth-order valence-corrected chi connectivity index (χ4v) is 0.650. The number of hydrogen-bond donors (Lipinski definition) is 0. The second-order valence-corrected chi connectivity index (χ2v) is 2.27. The molecule has 0 bridgehead atoms. The smallest absolute Gasteiger partial charge is 0.379 e. The van der Waals surface area contributed by atoms with Gasteiger partial charge >= 0.3 is 5.97 Å². The van der Waals surface area contributed by atoms with Gasteiger partial charge in [0.15, 0.2) is 0 Å². The second kappa shape index (κ2) is 3.76. The third-order valence-corrected chi connectivity index (χ3v) is 1.38. The highest BCUT2D eigenvalue weighted by molar-refractivity contribution is 5.86. The van der Waals surface area contributed by atoms with E-state index in [0.717, 1.165) is 0 Å². The largest absolute Gasteiger partial charge is 0.457 e. The van der Waals surface area contributed by atoms with E-state index >= 15 is 0 Å². The van der Waals surface area contributed by atoms with E-state index in [9.17, 15) is 4.79 Å². The Morgan fingerprint density at radius 1 is 1.67 bits per heavy atom. The maximum Gasteiger partial charge on any atom is 0.379 e. The zero-order valence-corrected chi connectivity index (χ0v) is 7.03. The second-order valence-electron chi connectivity index (χ2n) is 2.27. The van der Waals surface area contributed by atoms with E-state index in [4.69, 9.17) is 9.15 Å². The van der Waals surface area contributed by atoms with E-state index in [1.807, 2.05) is 0 Å². The zero-order valence-electron chi connectivity index (χ0n) is 7.03. The van der Waals surface area contributed by atoms with Gasteiger partial charge in [0.1, 0.15) is 5.76 Å². The molecule has 0 unspecified atom stereocenters. The number of esters is 1. The van der Waals surface area contributed by atoms with Crippen molar-refractivity contribution in [3.8, 4) is 0 Å². The van der Waals surface area contributed by atoms with E-state index in [-0.39, 0.29) is 5.76 Å².